The Hall–Kier alpha value is 0.796. The minimum absolute atomic E-state index is 0.161. The standard InChI is InChI=1S/C25H26FNO4S2.B54/c1-18-6-14-23(15-7-18)33(30,31)27-22(13-10-20-9-11-21(26)17-25(20)27)12-8-19-4-3-5-24(16-19)32(2,28)29;1-29(2)43(30(3)4)50(44(31(5)6)32(7)8)53(49(41(25)26)42(27)28)54(51(45(33(9)10)34(11)12)46(35(13)14)36(15)16)52(47(37(17)18)38(19)20)48(39(21)22)40(23)24/h3-7,9,11,14-17,22H,8,10,12-13H2,1-2H3;. The van der Waals surface area contributed by atoms with E-state index in [1.807, 2.05) is 13.0 Å². The summed E-state index contributed by atoms with van der Waals surface area (Å²) in [6.07, 6.45) is -31.7. The van der Waals surface area contributed by atoms with Crippen molar-refractivity contribution in [3.8, 4) is 0 Å². The van der Waals surface area contributed by atoms with Crippen molar-refractivity contribution >= 4 is 408 Å². The summed E-state index contributed by atoms with van der Waals surface area (Å²) in [7, 11) is 174. The fourth-order valence-corrected chi connectivity index (χ4v) is 15.9. The van der Waals surface area contributed by atoms with Crippen molar-refractivity contribution in [2.75, 3.05) is 10.6 Å². The van der Waals surface area contributed by atoms with Gasteiger partial charge in [0, 0.05) is 395 Å². The first-order valence-corrected chi connectivity index (χ1v) is 31.7. The van der Waals surface area contributed by atoms with Gasteiger partial charge in [0.1, 0.15) is 5.82 Å². The van der Waals surface area contributed by atoms with Crippen LogP contribution in [0.3, 0.4) is 0 Å². The number of aryl methyl sites for hydroxylation is 3. The minimum atomic E-state index is -3.92. The van der Waals surface area contributed by atoms with Crippen molar-refractivity contribution < 1.29 is 21.2 Å². The zero-order chi connectivity index (χ0) is 66.8. The Bertz CT molecular complexity index is 2630. The molecule has 87 heavy (non-hydrogen) atoms. The molecule has 1 aliphatic rings. The third kappa shape index (κ3) is 21.6. The van der Waals surface area contributed by atoms with Crippen LogP contribution in [0.5, 0.6) is 0 Å². The molecule has 0 saturated carbocycles. The number of sulfonamides is 1. The second-order valence-corrected chi connectivity index (χ2v) is 27.4. The van der Waals surface area contributed by atoms with E-state index in [1.54, 1.807) is 48.5 Å². The maximum absolute atomic E-state index is 14.2. The predicted octanol–water partition coefficient (Wildman–Crippen LogP) is -15.9. The van der Waals surface area contributed by atoms with Crippen LogP contribution in [0.1, 0.15) is 29.5 Å². The molecule has 0 spiro atoms. The molecule has 0 bridgehead atoms. The SMILES string of the molecule is Cc1ccc(S(=O)(=O)N2c3cc(F)ccc3CCC2CCc2cccc(S(C)(=O)=O)c2)cc1.[B]B([B])B(B([B])[B])B(B(B([B])[B])B([B])[B])B(B(B([B])[B])B([B])[B])B(B(B(B([B])[B])B([B])[B])B(B([B])[B])B([B])[B])B(B(B([B])[B])B([B])[B])B(B([B])[B])B([B])[B]. The van der Waals surface area contributed by atoms with E-state index in [2.05, 4.69) is 0 Å². The Labute approximate surface area is 572 Å². The van der Waals surface area contributed by atoms with Crippen LogP contribution < -0.4 is 4.31 Å². The van der Waals surface area contributed by atoms with Gasteiger partial charge in [-0.3, -0.25) is 4.31 Å². The highest BCUT2D eigenvalue weighted by molar-refractivity contribution is 8.36. The van der Waals surface area contributed by atoms with Gasteiger partial charge in [0.2, 0.25) is 0 Å². The molecule has 5 nitrogen and oxygen atoms in total. The lowest BCUT2D eigenvalue weighted by atomic mass is 8.24. The van der Waals surface area contributed by atoms with Crippen LogP contribution in [0, 0.1) is 12.7 Å². The van der Waals surface area contributed by atoms with E-state index in [0.717, 1.165) is 22.9 Å². The fourth-order valence-electron chi connectivity index (χ4n) is 13.5. The molecular weight excluding hydrogens is 1050 g/mol. The van der Waals surface area contributed by atoms with Gasteiger partial charge in [0.05, 0.1) is 15.5 Å². The first-order valence-electron chi connectivity index (χ1n) is 28.4. The highest BCUT2D eigenvalue weighted by Crippen LogP contribution is 2.38. The molecule has 0 amide bonds. The van der Waals surface area contributed by atoms with Crippen molar-refractivity contribution in [2.24, 2.45) is 0 Å². The normalized spacial score (nSPS) is 12.3. The number of hydrogen-bond acceptors (Lipinski definition) is 4. The van der Waals surface area contributed by atoms with Crippen molar-refractivity contribution in [1.82, 2.24) is 0 Å². The van der Waals surface area contributed by atoms with Crippen LogP contribution in [0.25, 0.3) is 0 Å². The molecule has 0 aliphatic carbocycles. The summed E-state index contributed by atoms with van der Waals surface area (Å²) in [5.74, 6) is -0.487. The Morgan fingerprint density at radius 1 is 0.414 bits per heavy atom. The van der Waals surface area contributed by atoms with Crippen LogP contribution in [0.15, 0.2) is 76.5 Å². The molecule has 1 unspecified atom stereocenters. The smallest absolute Gasteiger partial charge is 0.263 e. The number of anilines is 1. The topological polar surface area (TPSA) is 71.5 Å². The molecule has 3 aromatic carbocycles. The van der Waals surface area contributed by atoms with Crippen molar-refractivity contribution in [3.63, 3.8) is 0 Å². The first kappa shape index (κ1) is 82.0. The van der Waals surface area contributed by atoms with Crippen molar-refractivity contribution in [3.05, 3.63) is 89.2 Å². The predicted molar refractivity (Wildman–Crippen MR) is 438 cm³/mol. The van der Waals surface area contributed by atoms with Gasteiger partial charge in [-0.2, -0.15) is 0 Å². The largest absolute Gasteiger partial charge is 0.264 e. The average Bonchev–Trinajstić information content (AvgIpc) is 0.780. The number of sulfone groups is 1. The number of nitrogens with zero attached hydrogens (tertiary/aromatic N) is 1. The maximum atomic E-state index is 14.2. The van der Waals surface area contributed by atoms with E-state index in [0.29, 0.717) is 31.4 Å². The molecule has 62 heteroatoms. The third-order valence-corrected chi connectivity index (χ3v) is 20.1. The number of rotatable bonds is 31. The van der Waals surface area contributed by atoms with E-state index >= 15 is 0 Å². The summed E-state index contributed by atoms with van der Waals surface area (Å²) < 4.78 is 66.7. The van der Waals surface area contributed by atoms with Gasteiger partial charge in [0.15, 0.2) is 9.84 Å². The minimum Gasteiger partial charge on any atom is -0.263 e. The lowest BCUT2D eigenvalue weighted by Crippen LogP contribution is -2.96. The monoisotopic (exact) mass is 1080 g/mol. The molecule has 1 aliphatic heterocycles. The Morgan fingerprint density at radius 3 is 1.03 bits per heavy atom. The van der Waals surface area contributed by atoms with Gasteiger partial charge in [-0.1, -0.05) is 35.9 Å². The molecule has 0 fully saturated rings. The van der Waals surface area contributed by atoms with Gasteiger partial charge >= 0.3 is 0 Å². The summed E-state index contributed by atoms with van der Waals surface area (Å²) in [5.41, 5.74) is 2.93. The highest BCUT2D eigenvalue weighted by Gasteiger charge is 2.61. The molecule has 4 rings (SSSR count). The van der Waals surface area contributed by atoms with Gasteiger partial charge in [-0.25, -0.2) is 21.2 Å². The molecule has 0 aromatic heterocycles. The van der Waals surface area contributed by atoms with Crippen LogP contribution in [-0.2, 0) is 32.7 Å². The second-order valence-electron chi connectivity index (χ2n) is 23.5. The summed E-state index contributed by atoms with van der Waals surface area (Å²) in [4.78, 5) is 0.398. The number of fused-ring (bicyclic) bond motifs is 1. The molecule has 1 heterocycles. The van der Waals surface area contributed by atoms with Crippen molar-refractivity contribution in [1.29, 1.82) is 0 Å². The molecule has 56 radical (unpaired) electrons. The van der Waals surface area contributed by atoms with E-state index in [-0.39, 0.29) is 15.8 Å². The number of benzene rings is 3. The molecule has 3 aromatic rings. The van der Waals surface area contributed by atoms with Crippen LogP contribution in [-0.4, -0.2) is 412 Å². The van der Waals surface area contributed by atoms with E-state index < -0.39 is 192 Å². The van der Waals surface area contributed by atoms with Gasteiger partial charge in [0.25, 0.3) is 10.0 Å². The Kier molecular flexibility index (Phi) is 34.2. The van der Waals surface area contributed by atoms with Crippen molar-refractivity contribution in [2.45, 2.75) is 48.4 Å². The summed E-state index contributed by atoms with van der Waals surface area (Å²) in [6.45, 7) is 1.88. The van der Waals surface area contributed by atoms with Gasteiger partial charge in [-0.15, -0.1) is 0 Å². The lowest BCUT2D eigenvalue weighted by molar-refractivity contribution is 0.521. The Balaban J connectivity index is 0.000000506. The first-order chi connectivity index (χ1) is 40.1. The quantitative estimate of drug-likeness (QED) is 0.0602. The maximum Gasteiger partial charge on any atom is 0.264 e. The molecule has 0 N–H and O–H groups in total. The molecule has 0 saturated heterocycles. The Morgan fingerprint density at radius 2 is 0.724 bits per heavy atom. The molecular formula is C25H26B54FNO4S2. The summed E-state index contributed by atoms with van der Waals surface area (Å²) in [6, 6.07) is 17.3. The average molecular weight is 1070 g/mol. The summed E-state index contributed by atoms with van der Waals surface area (Å²) >= 11 is 0. The molecule has 336 valence electrons. The number of halogens is 1. The zero-order valence-electron chi connectivity index (χ0n) is 49.7. The van der Waals surface area contributed by atoms with Crippen LogP contribution in [0.2, 0.25) is 0 Å². The van der Waals surface area contributed by atoms with Gasteiger partial charge in [-0.05, 0) is 80.1 Å². The summed E-state index contributed by atoms with van der Waals surface area (Å²) in [5, 5.41) is 0. The third-order valence-electron chi connectivity index (χ3n) is 17.1. The van der Waals surface area contributed by atoms with E-state index in [1.165, 1.54) is 16.4 Å². The fraction of sp³-hybridized carbons (Fsp3) is 0.280. The van der Waals surface area contributed by atoms with Crippen LogP contribution in [0.4, 0.5) is 10.1 Å². The second kappa shape index (κ2) is 36.2. The van der Waals surface area contributed by atoms with E-state index in [4.69, 9.17) is 217 Å². The van der Waals surface area contributed by atoms with Gasteiger partial charge < -0.3 is 0 Å². The molecule has 1 atom stereocenters. The highest BCUT2D eigenvalue weighted by atomic mass is 32.2. The zero-order valence-corrected chi connectivity index (χ0v) is 51.3. The van der Waals surface area contributed by atoms with E-state index in [9.17, 15) is 21.2 Å². The van der Waals surface area contributed by atoms with Crippen LogP contribution >= 0.6 is 0 Å². The number of hydrogen-bond donors (Lipinski definition) is 0. The lowest BCUT2D eigenvalue weighted by Gasteiger charge is -2.58.